The van der Waals surface area contributed by atoms with Crippen molar-refractivity contribution in [3.63, 3.8) is 0 Å². The van der Waals surface area contributed by atoms with E-state index in [2.05, 4.69) is 0 Å². The molecule has 0 spiro atoms. The quantitative estimate of drug-likeness (QED) is 0.666. The summed E-state index contributed by atoms with van der Waals surface area (Å²) in [6, 6.07) is 6.44. The molecule has 0 aromatic heterocycles. The van der Waals surface area contributed by atoms with E-state index in [1.54, 1.807) is 24.5 Å². The monoisotopic (exact) mass is 202 g/mol. The summed E-state index contributed by atoms with van der Waals surface area (Å²) >= 11 is 0. The molecule has 1 radical (unpaired) electrons. The van der Waals surface area contributed by atoms with E-state index in [0.717, 1.165) is 4.90 Å². The highest BCUT2D eigenvalue weighted by molar-refractivity contribution is 6.21. The van der Waals surface area contributed by atoms with Crippen molar-refractivity contribution in [3.05, 3.63) is 29.8 Å². The van der Waals surface area contributed by atoms with Gasteiger partial charge < -0.3 is 0 Å². The van der Waals surface area contributed by atoms with Gasteiger partial charge in [-0.25, -0.2) is 4.90 Å². The van der Waals surface area contributed by atoms with Gasteiger partial charge in [-0.15, -0.1) is 0 Å². The summed E-state index contributed by atoms with van der Waals surface area (Å²) in [5.74, 6) is -0.523. The molecular weight excluding hydrogens is 194 g/mol. The first kappa shape index (κ1) is 9.58. The fourth-order valence-electron chi connectivity index (χ4n) is 1.60. The number of anilines is 1. The molecule has 0 aliphatic carbocycles. The van der Waals surface area contributed by atoms with E-state index in [1.165, 1.54) is 6.07 Å². The van der Waals surface area contributed by atoms with Crippen LogP contribution in [0, 0.1) is 0 Å². The Labute approximate surface area is 86.5 Å². The maximum Gasteiger partial charge on any atom is 0.235 e. The van der Waals surface area contributed by atoms with Crippen LogP contribution in [0.5, 0.6) is 0 Å². The van der Waals surface area contributed by atoms with Crippen LogP contribution in [0.2, 0.25) is 0 Å². The third-order valence-corrected chi connectivity index (χ3v) is 2.31. The van der Waals surface area contributed by atoms with Crippen LogP contribution in [-0.4, -0.2) is 18.1 Å². The maximum atomic E-state index is 11.4. The van der Waals surface area contributed by atoms with E-state index in [4.69, 9.17) is 0 Å². The van der Waals surface area contributed by atoms with Gasteiger partial charge in [0.05, 0.1) is 11.3 Å². The Morgan fingerprint density at radius 3 is 2.27 bits per heavy atom. The Balaban J connectivity index is 2.48. The predicted molar refractivity (Wildman–Crippen MR) is 53.0 cm³/mol. The number of hydrogen-bond acceptors (Lipinski definition) is 3. The number of rotatable bonds is 2. The van der Waals surface area contributed by atoms with Crippen LogP contribution in [-0.2, 0) is 14.4 Å². The van der Waals surface area contributed by atoms with Crippen LogP contribution in [0.25, 0.3) is 0 Å². The third-order valence-electron chi connectivity index (χ3n) is 2.31. The van der Waals surface area contributed by atoms with Crippen molar-refractivity contribution in [1.29, 1.82) is 0 Å². The average Bonchev–Trinajstić information content (AvgIpc) is 2.59. The standard InChI is InChI=1S/C11H8NO3/c13-7-8-3-1-2-4-9(8)12-10(14)5-6-11(12)15/h1-4H,5-6H2. The van der Waals surface area contributed by atoms with Crippen molar-refractivity contribution < 1.29 is 14.4 Å². The van der Waals surface area contributed by atoms with E-state index < -0.39 is 0 Å². The second-order valence-electron chi connectivity index (χ2n) is 3.24. The number of para-hydroxylation sites is 1. The highest BCUT2D eigenvalue weighted by Gasteiger charge is 2.31. The smallest absolute Gasteiger partial charge is 0.235 e. The number of carbonyl (C=O) groups is 2. The summed E-state index contributed by atoms with van der Waals surface area (Å²) in [6.45, 7) is 0. The van der Waals surface area contributed by atoms with Crippen LogP contribution in [0.3, 0.4) is 0 Å². The fourth-order valence-corrected chi connectivity index (χ4v) is 1.60. The third kappa shape index (κ3) is 1.54. The molecule has 0 N–H and O–H groups in total. The predicted octanol–water partition coefficient (Wildman–Crippen LogP) is 0.798. The normalized spacial score (nSPS) is 15.9. The number of nitrogens with zero attached hydrogens (tertiary/aromatic N) is 1. The fraction of sp³-hybridized carbons (Fsp3) is 0.182. The molecule has 1 aromatic carbocycles. The van der Waals surface area contributed by atoms with Crippen LogP contribution in [0.15, 0.2) is 24.3 Å². The number of hydrogen-bond donors (Lipinski definition) is 0. The molecular formula is C11H8NO3. The molecule has 1 aliphatic heterocycles. The molecule has 1 fully saturated rings. The first-order valence-electron chi connectivity index (χ1n) is 4.57. The van der Waals surface area contributed by atoms with Crippen LogP contribution in [0.1, 0.15) is 18.4 Å². The van der Waals surface area contributed by atoms with Crippen molar-refractivity contribution in [2.75, 3.05) is 4.90 Å². The minimum Gasteiger partial charge on any atom is -0.285 e. The summed E-state index contributed by atoms with van der Waals surface area (Å²) < 4.78 is 0. The molecule has 1 saturated heterocycles. The average molecular weight is 202 g/mol. The summed E-state index contributed by atoms with van der Waals surface area (Å²) in [7, 11) is 0. The highest BCUT2D eigenvalue weighted by atomic mass is 16.2. The van der Waals surface area contributed by atoms with Gasteiger partial charge in [-0.1, -0.05) is 12.1 Å². The number of carbonyl (C=O) groups excluding carboxylic acids is 3. The zero-order valence-electron chi connectivity index (χ0n) is 7.90. The number of benzene rings is 1. The topological polar surface area (TPSA) is 54.5 Å². The molecule has 75 valence electrons. The van der Waals surface area contributed by atoms with Gasteiger partial charge in [0, 0.05) is 12.8 Å². The minimum absolute atomic E-state index is 0.214. The Kier molecular flexibility index (Phi) is 2.33. The van der Waals surface area contributed by atoms with Gasteiger partial charge in [-0.2, -0.15) is 0 Å². The summed E-state index contributed by atoms with van der Waals surface area (Å²) in [6.07, 6.45) is 2.15. The summed E-state index contributed by atoms with van der Waals surface area (Å²) in [5.41, 5.74) is 0.570. The van der Waals surface area contributed by atoms with Crippen LogP contribution < -0.4 is 4.90 Å². The lowest BCUT2D eigenvalue weighted by molar-refractivity contribution is -0.121. The SMILES string of the molecule is O=[C]c1ccccc1N1C(=O)CCC1=O. The van der Waals surface area contributed by atoms with E-state index in [-0.39, 0.29) is 30.2 Å². The molecule has 2 rings (SSSR count). The van der Waals surface area contributed by atoms with Gasteiger partial charge in [0.1, 0.15) is 0 Å². The summed E-state index contributed by atoms with van der Waals surface area (Å²) in [5, 5.41) is 0. The zero-order valence-corrected chi connectivity index (χ0v) is 7.90. The molecule has 1 aromatic rings. The largest absolute Gasteiger partial charge is 0.285 e. The van der Waals surface area contributed by atoms with E-state index in [1.807, 2.05) is 0 Å². The highest BCUT2D eigenvalue weighted by Crippen LogP contribution is 2.24. The molecule has 1 heterocycles. The molecule has 0 bridgehead atoms. The van der Waals surface area contributed by atoms with E-state index in [0.29, 0.717) is 5.69 Å². The maximum absolute atomic E-state index is 11.4. The molecule has 4 heteroatoms. The molecule has 4 nitrogen and oxygen atoms in total. The molecule has 0 unspecified atom stereocenters. The Bertz CT molecular complexity index is 423. The number of imide groups is 1. The van der Waals surface area contributed by atoms with E-state index in [9.17, 15) is 14.4 Å². The van der Waals surface area contributed by atoms with Crippen molar-refractivity contribution in [3.8, 4) is 0 Å². The lowest BCUT2D eigenvalue weighted by atomic mass is 10.2. The van der Waals surface area contributed by atoms with Gasteiger partial charge in [-0.05, 0) is 12.1 Å². The van der Waals surface area contributed by atoms with Crippen LogP contribution >= 0.6 is 0 Å². The molecule has 15 heavy (non-hydrogen) atoms. The second-order valence-corrected chi connectivity index (χ2v) is 3.24. The first-order chi connectivity index (χ1) is 7.24. The minimum atomic E-state index is -0.261. The van der Waals surface area contributed by atoms with Gasteiger partial charge in [-0.3, -0.25) is 14.4 Å². The lowest BCUT2D eigenvalue weighted by Gasteiger charge is -2.14. The number of amides is 2. The van der Waals surface area contributed by atoms with E-state index >= 15 is 0 Å². The van der Waals surface area contributed by atoms with Crippen molar-refractivity contribution in [2.45, 2.75) is 12.8 Å². The molecule has 2 amide bonds. The van der Waals surface area contributed by atoms with Gasteiger partial charge in [0.25, 0.3) is 0 Å². The Hall–Kier alpha value is -1.97. The summed E-state index contributed by atoms with van der Waals surface area (Å²) in [4.78, 5) is 34.5. The van der Waals surface area contributed by atoms with Gasteiger partial charge in [0.15, 0.2) is 0 Å². The second kappa shape index (κ2) is 3.65. The van der Waals surface area contributed by atoms with Gasteiger partial charge >= 0.3 is 0 Å². The molecule has 0 saturated carbocycles. The zero-order chi connectivity index (χ0) is 10.8. The Morgan fingerprint density at radius 1 is 1.07 bits per heavy atom. The van der Waals surface area contributed by atoms with Crippen molar-refractivity contribution in [1.82, 2.24) is 0 Å². The molecule has 1 aliphatic rings. The van der Waals surface area contributed by atoms with Gasteiger partial charge in [0.2, 0.25) is 18.1 Å². The first-order valence-corrected chi connectivity index (χ1v) is 4.57. The molecule has 0 atom stereocenters. The van der Waals surface area contributed by atoms with Crippen molar-refractivity contribution in [2.24, 2.45) is 0 Å². The Morgan fingerprint density at radius 2 is 1.67 bits per heavy atom. The van der Waals surface area contributed by atoms with Crippen molar-refractivity contribution >= 4 is 23.8 Å². The lowest BCUT2D eigenvalue weighted by Crippen LogP contribution is -2.29. The van der Waals surface area contributed by atoms with Crippen LogP contribution in [0.4, 0.5) is 5.69 Å².